The molecule has 45 heavy (non-hydrogen) atoms. The van der Waals surface area contributed by atoms with Crippen LogP contribution in [-0.4, -0.2) is 54.6 Å². The summed E-state index contributed by atoms with van der Waals surface area (Å²) in [5.74, 6) is 0.880. The molecule has 0 unspecified atom stereocenters. The second-order valence-electron chi connectivity index (χ2n) is 14.3. The molecule has 3 aromatic heterocycles. The third-order valence-corrected chi connectivity index (χ3v) is 10.5. The molecule has 2 saturated heterocycles. The Morgan fingerprint density at radius 3 is 2.40 bits per heavy atom. The van der Waals surface area contributed by atoms with E-state index in [2.05, 4.69) is 66.7 Å². The number of amides is 1. The summed E-state index contributed by atoms with van der Waals surface area (Å²) in [6.45, 7) is 12.8. The molecule has 11 heteroatoms. The van der Waals surface area contributed by atoms with Crippen LogP contribution < -0.4 is 14.9 Å². The highest BCUT2D eigenvalue weighted by molar-refractivity contribution is 7.90. The highest BCUT2D eigenvalue weighted by Gasteiger charge is 2.41. The van der Waals surface area contributed by atoms with Gasteiger partial charge in [-0.15, -0.1) is 0 Å². The van der Waals surface area contributed by atoms with Crippen LogP contribution in [0.5, 0.6) is 0 Å². The van der Waals surface area contributed by atoms with Crippen molar-refractivity contribution in [2.45, 2.75) is 94.7 Å². The van der Waals surface area contributed by atoms with Crippen LogP contribution in [0.25, 0.3) is 0 Å². The lowest BCUT2D eigenvalue weighted by molar-refractivity contribution is 0.0844. The minimum atomic E-state index is -4.28. The summed E-state index contributed by atoms with van der Waals surface area (Å²) in [6, 6.07) is 14.3. The molecular weight excluding hydrogens is 588 g/mol. The summed E-state index contributed by atoms with van der Waals surface area (Å²) < 4.78 is 34.9. The Bertz CT molecular complexity index is 1680. The minimum Gasteiger partial charge on any atom is -0.381 e. The zero-order valence-electron chi connectivity index (χ0n) is 26.8. The van der Waals surface area contributed by atoms with Gasteiger partial charge in [-0.2, -0.15) is 8.42 Å². The zero-order valence-corrected chi connectivity index (χ0v) is 27.7. The Kier molecular flexibility index (Phi) is 8.36. The number of carbonyl (C=O) groups excluding carboxylic acids is 1. The molecule has 0 spiro atoms. The Hall–Kier alpha value is -3.57. The third kappa shape index (κ3) is 6.70. The molecule has 2 N–H and O–H groups in total. The van der Waals surface area contributed by atoms with Crippen LogP contribution >= 0.6 is 0 Å². The first-order valence-electron chi connectivity index (χ1n) is 15.9. The van der Waals surface area contributed by atoms with Crippen LogP contribution in [0, 0.1) is 5.92 Å². The molecule has 0 saturated carbocycles. The van der Waals surface area contributed by atoms with Crippen molar-refractivity contribution in [1.82, 2.24) is 19.7 Å². The van der Waals surface area contributed by atoms with Crippen LogP contribution in [0.15, 0.2) is 53.6 Å². The molecule has 3 aliphatic rings. The number of hydrogen-bond donors (Lipinski definition) is 2. The fourth-order valence-electron chi connectivity index (χ4n) is 6.83. The first kappa shape index (κ1) is 31.4. The van der Waals surface area contributed by atoms with Gasteiger partial charge < -0.3 is 15.0 Å². The van der Waals surface area contributed by atoms with Crippen molar-refractivity contribution in [2.24, 2.45) is 5.92 Å². The summed E-state index contributed by atoms with van der Waals surface area (Å²) in [5.41, 5.74) is 2.48. The predicted molar refractivity (Wildman–Crippen MR) is 174 cm³/mol. The van der Waals surface area contributed by atoms with Crippen molar-refractivity contribution in [1.29, 1.82) is 0 Å². The van der Waals surface area contributed by atoms with Gasteiger partial charge in [-0.3, -0.25) is 9.78 Å². The number of nitrogens with zero attached hydrogens (tertiary/aromatic N) is 4. The monoisotopic (exact) mass is 632 g/mol. The van der Waals surface area contributed by atoms with Crippen molar-refractivity contribution < 1.29 is 17.9 Å². The second kappa shape index (κ2) is 12.0. The number of anilines is 2. The second-order valence-corrected chi connectivity index (χ2v) is 15.9. The molecule has 6 heterocycles. The van der Waals surface area contributed by atoms with E-state index in [-0.39, 0.29) is 27.6 Å². The SMILES string of the molecule is CC(C)(C)c1ccc2c(n1)N1C[C@@H](CC[C@@H](c3cccc(C4CCOCC4)n3)Nc3cccc(n3)S(=O)(=O)NC2=O)CC1(C)C. The molecule has 10 nitrogen and oxygen atoms in total. The van der Waals surface area contributed by atoms with E-state index in [0.717, 1.165) is 62.4 Å². The summed E-state index contributed by atoms with van der Waals surface area (Å²) in [4.78, 5) is 30.5. The highest BCUT2D eigenvalue weighted by Crippen LogP contribution is 2.41. The van der Waals surface area contributed by atoms with Gasteiger partial charge in [0.15, 0.2) is 5.03 Å². The summed E-state index contributed by atoms with van der Waals surface area (Å²) in [6.07, 6.45) is 4.47. The lowest BCUT2D eigenvalue weighted by Crippen LogP contribution is -2.41. The molecule has 2 atom stereocenters. The number of aromatic nitrogens is 3. The van der Waals surface area contributed by atoms with E-state index in [1.165, 1.54) is 6.07 Å². The normalized spacial score (nSPS) is 23.7. The quantitative estimate of drug-likeness (QED) is 0.364. The van der Waals surface area contributed by atoms with E-state index >= 15 is 0 Å². The number of hydrogen-bond acceptors (Lipinski definition) is 9. The average Bonchev–Trinajstić information content (AvgIpc) is 3.32. The van der Waals surface area contributed by atoms with Crippen LogP contribution in [0.1, 0.15) is 106 Å². The lowest BCUT2D eigenvalue weighted by atomic mass is 9.90. The third-order valence-electron chi connectivity index (χ3n) is 9.30. The van der Waals surface area contributed by atoms with E-state index in [4.69, 9.17) is 14.7 Å². The van der Waals surface area contributed by atoms with Gasteiger partial charge in [-0.25, -0.2) is 14.7 Å². The fourth-order valence-corrected chi connectivity index (χ4v) is 7.77. The minimum absolute atomic E-state index is 0.190. The average molecular weight is 633 g/mol. The number of carbonyl (C=O) groups is 1. The number of nitrogens with one attached hydrogen (secondary N) is 2. The molecule has 0 aromatic carbocycles. The Morgan fingerprint density at radius 1 is 0.911 bits per heavy atom. The van der Waals surface area contributed by atoms with E-state index in [1.54, 1.807) is 18.2 Å². The van der Waals surface area contributed by atoms with E-state index in [9.17, 15) is 13.2 Å². The fraction of sp³-hybridized carbons (Fsp3) is 0.529. The number of rotatable bonds is 2. The highest BCUT2D eigenvalue weighted by atomic mass is 32.2. The van der Waals surface area contributed by atoms with Crippen LogP contribution in [0.3, 0.4) is 0 Å². The number of pyridine rings is 3. The molecule has 6 rings (SSSR count). The largest absolute Gasteiger partial charge is 0.381 e. The number of fused-ring (bicyclic) bond motifs is 6. The topological polar surface area (TPSA) is 126 Å². The molecule has 0 radical (unpaired) electrons. The first-order chi connectivity index (χ1) is 21.3. The molecular formula is C34H44N6O4S. The van der Waals surface area contributed by atoms with Gasteiger partial charge in [0.25, 0.3) is 15.9 Å². The van der Waals surface area contributed by atoms with Gasteiger partial charge in [0.05, 0.1) is 17.3 Å². The van der Waals surface area contributed by atoms with Crippen molar-refractivity contribution in [2.75, 3.05) is 30.0 Å². The van der Waals surface area contributed by atoms with Gasteiger partial charge in [0, 0.05) is 48.0 Å². The maximum Gasteiger partial charge on any atom is 0.281 e. The summed E-state index contributed by atoms with van der Waals surface area (Å²) in [5, 5.41) is 3.27. The summed E-state index contributed by atoms with van der Waals surface area (Å²) in [7, 11) is -4.28. The Labute approximate surface area is 266 Å². The Balaban J connectivity index is 1.42. The predicted octanol–water partition coefficient (Wildman–Crippen LogP) is 5.73. The van der Waals surface area contributed by atoms with Crippen LogP contribution in [0.2, 0.25) is 0 Å². The molecule has 3 aliphatic heterocycles. The van der Waals surface area contributed by atoms with Crippen molar-refractivity contribution in [3.63, 3.8) is 0 Å². The number of ether oxygens (including phenoxy) is 1. The van der Waals surface area contributed by atoms with Gasteiger partial charge in [-0.05, 0) is 88.3 Å². The zero-order chi connectivity index (χ0) is 32.0. The van der Waals surface area contributed by atoms with Crippen molar-refractivity contribution in [3.8, 4) is 0 Å². The van der Waals surface area contributed by atoms with Gasteiger partial charge in [-0.1, -0.05) is 32.9 Å². The Morgan fingerprint density at radius 2 is 1.64 bits per heavy atom. The molecule has 4 bridgehead atoms. The van der Waals surface area contributed by atoms with Gasteiger partial charge in [0.1, 0.15) is 11.6 Å². The smallest absolute Gasteiger partial charge is 0.281 e. The van der Waals surface area contributed by atoms with E-state index in [1.807, 2.05) is 12.1 Å². The molecule has 0 aliphatic carbocycles. The first-order valence-corrected chi connectivity index (χ1v) is 17.4. The van der Waals surface area contributed by atoms with E-state index in [0.29, 0.717) is 30.0 Å². The van der Waals surface area contributed by atoms with Gasteiger partial charge >= 0.3 is 0 Å². The van der Waals surface area contributed by atoms with Gasteiger partial charge in [0.2, 0.25) is 0 Å². The standard InChI is InChI=1S/C34H44N6O4S/c1-33(2,3)28-15-13-24-31(37-28)40-21-22(20-34(40,4)5)12-14-27(26-9-6-8-25(35-26)23-16-18-44-19-17-23)36-29-10-7-11-30(38-29)45(42,43)39-32(24)41/h6-11,13,15,22-23,27H,12,14,16-21H2,1-5H3,(H,36,38)(H,39,41)/t22-,27-/m0/s1. The van der Waals surface area contributed by atoms with Crippen molar-refractivity contribution >= 4 is 27.6 Å². The van der Waals surface area contributed by atoms with Crippen LogP contribution in [-0.2, 0) is 20.2 Å². The maximum absolute atomic E-state index is 13.7. The maximum atomic E-state index is 13.7. The lowest BCUT2D eigenvalue weighted by Gasteiger charge is -2.34. The molecule has 2 fully saturated rings. The number of sulfonamides is 1. The molecule has 240 valence electrons. The van der Waals surface area contributed by atoms with Crippen molar-refractivity contribution in [3.05, 3.63) is 71.2 Å². The molecule has 3 aromatic rings. The summed E-state index contributed by atoms with van der Waals surface area (Å²) >= 11 is 0. The molecule has 1 amide bonds. The van der Waals surface area contributed by atoms with Crippen LogP contribution in [0.4, 0.5) is 11.6 Å². The van der Waals surface area contributed by atoms with E-state index < -0.39 is 15.9 Å².